The fourth-order valence-electron chi connectivity index (χ4n) is 3.97. The zero-order valence-corrected chi connectivity index (χ0v) is 14.0. The van der Waals surface area contributed by atoms with E-state index in [9.17, 15) is 9.90 Å². The molecule has 2 aromatic carbocycles. The standard InChI is InChI=1S/C20H18ClNO2/c1-11-4-2-5-12(8-11)18-15-7-3-6-14(15)16-9-13(20(23)24)10-17(21)19(16)22-18/h2-6,8-10,14-15,18,22H,7H2,1H3,(H,23,24)/t14-,15+,18+/m1/s1. The van der Waals surface area contributed by atoms with Gasteiger partial charge in [-0.1, -0.05) is 53.6 Å². The van der Waals surface area contributed by atoms with E-state index >= 15 is 0 Å². The molecule has 2 aromatic rings. The van der Waals surface area contributed by atoms with Crippen LogP contribution in [0.3, 0.4) is 0 Å². The van der Waals surface area contributed by atoms with Gasteiger partial charge in [0.05, 0.1) is 22.3 Å². The van der Waals surface area contributed by atoms with Gasteiger partial charge in [-0.05, 0) is 42.5 Å². The van der Waals surface area contributed by atoms with Crippen molar-refractivity contribution in [3.8, 4) is 0 Å². The first-order valence-electron chi connectivity index (χ1n) is 8.11. The maximum atomic E-state index is 11.4. The maximum Gasteiger partial charge on any atom is 0.335 e. The second-order valence-electron chi connectivity index (χ2n) is 6.62. The average Bonchev–Trinajstić information content (AvgIpc) is 3.04. The summed E-state index contributed by atoms with van der Waals surface area (Å²) in [6.45, 7) is 2.09. The van der Waals surface area contributed by atoms with Gasteiger partial charge in [0.25, 0.3) is 0 Å². The van der Waals surface area contributed by atoms with Crippen molar-refractivity contribution in [1.29, 1.82) is 0 Å². The molecule has 4 rings (SSSR count). The number of allylic oxidation sites excluding steroid dienone is 2. The highest BCUT2D eigenvalue weighted by Crippen LogP contribution is 2.51. The van der Waals surface area contributed by atoms with E-state index in [4.69, 9.17) is 11.6 Å². The third-order valence-electron chi connectivity index (χ3n) is 5.07. The average molecular weight is 340 g/mol. The second-order valence-corrected chi connectivity index (χ2v) is 7.02. The summed E-state index contributed by atoms with van der Waals surface area (Å²) in [6, 6.07) is 12.0. The lowest BCUT2D eigenvalue weighted by molar-refractivity contribution is 0.0696. The van der Waals surface area contributed by atoms with Crippen molar-refractivity contribution >= 4 is 23.3 Å². The van der Waals surface area contributed by atoms with Crippen LogP contribution in [0.15, 0.2) is 48.6 Å². The molecule has 3 nitrogen and oxygen atoms in total. The van der Waals surface area contributed by atoms with Crippen molar-refractivity contribution in [2.75, 3.05) is 5.32 Å². The van der Waals surface area contributed by atoms with Crippen LogP contribution in [0, 0.1) is 12.8 Å². The first-order valence-corrected chi connectivity index (χ1v) is 8.49. The number of benzene rings is 2. The largest absolute Gasteiger partial charge is 0.478 e. The lowest BCUT2D eigenvalue weighted by Gasteiger charge is -2.38. The number of hydrogen-bond donors (Lipinski definition) is 2. The number of aromatic carboxylic acids is 1. The summed E-state index contributed by atoms with van der Waals surface area (Å²) in [6.07, 6.45) is 5.36. The Bertz CT molecular complexity index is 859. The number of carboxylic acids is 1. The Kier molecular flexibility index (Phi) is 3.61. The van der Waals surface area contributed by atoms with E-state index in [-0.39, 0.29) is 17.5 Å². The topological polar surface area (TPSA) is 49.3 Å². The third kappa shape index (κ3) is 2.40. The van der Waals surface area contributed by atoms with E-state index in [1.807, 2.05) is 0 Å². The molecular weight excluding hydrogens is 322 g/mol. The van der Waals surface area contributed by atoms with Crippen LogP contribution < -0.4 is 5.32 Å². The van der Waals surface area contributed by atoms with Crippen LogP contribution in [0.25, 0.3) is 0 Å². The molecule has 24 heavy (non-hydrogen) atoms. The van der Waals surface area contributed by atoms with Crippen LogP contribution in [0.5, 0.6) is 0 Å². The SMILES string of the molecule is Cc1cccc([C@@H]2Nc3c(Cl)cc(C(=O)O)cc3[C@@H]3C=CC[C@@H]32)c1. The number of carboxylic acid groups (broad SMARTS) is 1. The Hall–Kier alpha value is -2.26. The van der Waals surface area contributed by atoms with Crippen molar-refractivity contribution in [2.45, 2.75) is 25.3 Å². The number of nitrogens with one attached hydrogen (secondary N) is 1. The van der Waals surface area contributed by atoms with Gasteiger partial charge in [-0.15, -0.1) is 0 Å². The van der Waals surface area contributed by atoms with Crippen LogP contribution in [-0.4, -0.2) is 11.1 Å². The summed E-state index contributed by atoms with van der Waals surface area (Å²) in [5.74, 6) is -0.373. The lowest BCUT2D eigenvalue weighted by atomic mass is 9.76. The Morgan fingerprint density at radius 2 is 2.12 bits per heavy atom. The number of rotatable bonds is 2. The van der Waals surface area contributed by atoms with Gasteiger partial charge < -0.3 is 10.4 Å². The number of aryl methyl sites for hydroxylation is 1. The summed E-state index contributed by atoms with van der Waals surface area (Å²) < 4.78 is 0. The van der Waals surface area contributed by atoms with Gasteiger partial charge in [0.2, 0.25) is 0 Å². The van der Waals surface area contributed by atoms with Gasteiger partial charge >= 0.3 is 5.97 Å². The molecule has 1 aliphatic heterocycles. The quantitative estimate of drug-likeness (QED) is 0.742. The van der Waals surface area contributed by atoms with E-state index in [2.05, 4.69) is 48.7 Å². The molecule has 0 radical (unpaired) electrons. The summed E-state index contributed by atoms with van der Waals surface area (Å²) >= 11 is 6.42. The molecule has 2 N–H and O–H groups in total. The molecule has 4 heteroatoms. The van der Waals surface area contributed by atoms with Gasteiger partial charge in [0, 0.05) is 5.92 Å². The molecule has 0 aromatic heterocycles. The van der Waals surface area contributed by atoms with E-state index in [0.717, 1.165) is 17.7 Å². The molecule has 0 bridgehead atoms. The summed E-state index contributed by atoms with van der Waals surface area (Å²) in [5, 5.41) is 13.4. The highest BCUT2D eigenvalue weighted by molar-refractivity contribution is 6.33. The minimum absolute atomic E-state index is 0.172. The molecule has 0 fully saturated rings. The zero-order chi connectivity index (χ0) is 16.8. The van der Waals surface area contributed by atoms with Crippen molar-refractivity contribution in [1.82, 2.24) is 0 Å². The molecule has 1 heterocycles. The molecule has 122 valence electrons. The highest BCUT2D eigenvalue weighted by atomic mass is 35.5. The van der Waals surface area contributed by atoms with Crippen molar-refractivity contribution < 1.29 is 9.90 Å². The Balaban J connectivity index is 1.83. The normalized spacial score (nSPS) is 24.2. The van der Waals surface area contributed by atoms with E-state index in [0.29, 0.717) is 10.9 Å². The van der Waals surface area contributed by atoms with Crippen LogP contribution >= 0.6 is 11.6 Å². The first-order chi connectivity index (χ1) is 11.5. The lowest BCUT2D eigenvalue weighted by Crippen LogP contribution is -2.29. The maximum absolute atomic E-state index is 11.4. The number of carbonyl (C=O) groups is 1. The number of fused-ring (bicyclic) bond motifs is 3. The summed E-state index contributed by atoms with van der Waals surface area (Å²) in [4.78, 5) is 11.4. The van der Waals surface area contributed by atoms with Crippen molar-refractivity contribution in [3.05, 3.63) is 75.8 Å². The van der Waals surface area contributed by atoms with Gasteiger partial charge in [0.15, 0.2) is 0 Å². The van der Waals surface area contributed by atoms with Gasteiger partial charge in [0.1, 0.15) is 0 Å². The smallest absolute Gasteiger partial charge is 0.335 e. The van der Waals surface area contributed by atoms with Gasteiger partial charge in [-0.25, -0.2) is 4.79 Å². The fourth-order valence-corrected chi connectivity index (χ4v) is 4.25. The highest BCUT2D eigenvalue weighted by Gasteiger charge is 2.39. The summed E-state index contributed by atoms with van der Waals surface area (Å²) in [7, 11) is 0. The molecule has 1 aliphatic carbocycles. The minimum Gasteiger partial charge on any atom is -0.478 e. The van der Waals surface area contributed by atoms with E-state index in [1.165, 1.54) is 17.2 Å². The molecule has 3 atom stereocenters. The zero-order valence-electron chi connectivity index (χ0n) is 13.3. The Morgan fingerprint density at radius 3 is 2.88 bits per heavy atom. The third-order valence-corrected chi connectivity index (χ3v) is 5.37. The minimum atomic E-state index is -0.945. The molecule has 0 spiro atoms. The van der Waals surface area contributed by atoms with E-state index < -0.39 is 5.97 Å². The molecule has 0 saturated heterocycles. The molecule has 0 amide bonds. The second kappa shape index (κ2) is 5.67. The Labute approximate surface area is 146 Å². The predicted octanol–water partition coefficient (Wildman–Crippen LogP) is 5.17. The van der Waals surface area contributed by atoms with Crippen LogP contribution in [-0.2, 0) is 0 Å². The van der Waals surface area contributed by atoms with Gasteiger partial charge in [-0.2, -0.15) is 0 Å². The molecular formula is C20H18ClNO2. The first kappa shape index (κ1) is 15.3. The number of halogens is 1. The molecule has 0 unspecified atom stereocenters. The van der Waals surface area contributed by atoms with Crippen molar-refractivity contribution in [2.24, 2.45) is 5.92 Å². The predicted molar refractivity (Wildman–Crippen MR) is 95.9 cm³/mol. The van der Waals surface area contributed by atoms with Gasteiger partial charge in [-0.3, -0.25) is 0 Å². The summed E-state index contributed by atoms with van der Waals surface area (Å²) in [5.41, 5.74) is 4.57. The van der Waals surface area contributed by atoms with Crippen molar-refractivity contribution in [3.63, 3.8) is 0 Å². The van der Waals surface area contributed by atoms with Crippen LogP contribution in [0.1, 0.15) is 45.4 Å². The fraction of sp³-hybridized carbons (Fsp3) is 0.250. The number of anilines is 1. The molecule has 2 aliphatic rings. The monoisotopic (exact) mass is 339 g/mol. The molecule has 0 saturated carbocycles. The number of hydrogen-bond acceptors (Lipinski definition) is 2. The van der Waals surface area contributed by atoms with E-state index in [1.54, 1.807) is 6.07 Å². The Morgan fingerprint density at radius 1 is 1.29 bits per heavy atom. The van der Waals surface area contributed by atoms with Crippen LogP contribution in [0.4, 0.5) is 5.69 Å². The van der Waals surface area contributed by atoms with Crippen LogP contribution in [0.2, 0.25) is 5.02 Å².